The minimum atomic E-state index is -3.62. The lowest BCUT2D eigenvalue weighted by atomic mass is 10.00. The van der Waals surface area contributed by atoms with Crippen LogP contribution in [0.3, 0.4) is 0 Å². The molecular weight excluding hydrogens is 268 g/mol. The third-order valence-corrected chi connectivity index (χ3v) is 4.07. The molecule has 2 rings (SSSR count). The molecule has 0 amide bonds. The Balaban J connectivity index is 1.99. The van der Waals surface area contributed by atoms with Gasteiger partial charge in [-0.2, -0.15) is 13.1 Å². The molecule has 6 nitrogen and oxygen atoms in total. The lowest BCUT2D eigenvalue weighted by Gasteiger charge is -2.14. The van der Waals surface area contributed by atoms with E-state index in [9.17, 15) is 13.2 Å². The first kappa shape index (κ1) is 14.0. The van der Waals surface area contributed by atoms with Crippen molar-refractivity contribution in [1.29, 1.82) is 0 Å². The second-order valence-corrected chi connectivity index (χ2v) is 6.08. The quantitative estimate of drug-likeness (QED) is 0.677. The van der Waals surface area contributed by atoms with Gasteiger partial charge in [0.25, 0.3) is 10.2 Å². The van der Waals surface area contributed by atoms with Crippen molar-refractivity contribution in [2.24, 2.45) is 0 Å². The van der Waals surface area contributed by atoms with Crippen molar-refractivity contribution >= 4 is 16.2 Å². The summed E-state index contributed by atoms with van der Waals surface area (Å²) in [5, 5.41) is 9.16. The largest absolute Gasteiger partial charge is 0.481 e. The van der Waals surface area contributed by atoms with Crippen LogP contribution in [0.4, 0.5) is 0 Å². The van der Waals surface area contributed by atoms with Crippen LogP contribution < -0.4 is 9.44 Å². The van der Waals surface area contributed by atoms with E-state index in [1.807, 2.05) is 0 Å². The first-order chi connectivity index (χ1) is 8.98. The summed E-state index contributed by atoms with van der Waals surface area (Å²) in [6.45, 7) is -0.165. The van der Waals surface area contributed by atoms with Crippen LogP contribution in [0, 0.1) is 0 Å². The Bertz CT molecular complexity index is 540. The van der Waals surface area contributed by atoms with Crippen LogP contribution in [0.2, 0.25) is 0 Å². The minimum absolute atomic E-state index is 0.00231. The third-order valence-electron chi connectivity index (χ3n) is 2.88. The summed E-state index contributed by atoms with van der Waals surface area (Å²) in [6, 6.07) is 8.56. The molecule has 19 heavy (non-hydrogen) atoms. The average Bonchev–Trinajstić information content (AvgIpc) is 3.13. The molecule has 0 radical (unpaired) electrons. The van der Waals surface area contributed by atoms with E-state index in [4.69, 9.17) is 5.11 Å². The predicted octanol–water partition coefficient (Wildman–Crippen LogP) is 0.441. The number of benzene rings is 1. The zero-order valence-electron chi connectivity index (χ0n) is 10.2. The van der Waals surface area contributed by atoms with Crippen LogP contribution in [0.1, 0.15) is 24.3 Å². The Morgan fingerprint density at radius 1 is 1.32 bits per heavy atom. The third kappa shape index (κ3) is 4.30. The van der Waals surface area contributed by atoms with Gasteiger partial charge < -0.3 is 5.11 Å². The second kappa shape index (κ2) is 5.68. The molecule has 0 aliphatic heterocycles. The van der Waals surface area contributed by atoms with Crippen molar-refractivity contribution in [3.8, 4) is 0 Å². The van der Waals surface area contributed by atoms with Gasteiger partial charge in [0.2, 0.25) is 0 Å². The van der Waals surface area contributed by atoms with Crippen molar-refractivity contribution in [2.75, 3.05) is 6.54 Å². The van der Waals surface area contributed by atoms with E-state index >= 15 is 0 Å². The highest BCUT2D eigenvalue weighted by Gasteiger charge is 2.28. The maximum atomic E-state index is 11.6. The van der Waals surface area contributed by atoms with Crippen LogP contribution in [0.5, 0.6) is 0 Å². The Hall–Kier alpha value is -1.44. The van der Waals surface area contributed by atoms with Crippen molar-refractivity contribution in [3.63, 3.8) is 0 Å². The summed E-state index contributed by atoms with van der Waals surface area (Å²) in [6.07, 6.45) is 1.67. The number of rotatable bonds is 7. The van der Waals surface area contributed by atoms with Crippen molar-refractivity contribution in [2.45, 2.75) is 24.8 Å². The first-order valence-corrected chi connectivity index (χ1v) is 7.51. The number of carbonyl (C=O) groups is 1. The highest BCUT2D eigenvalue weighted by Crippen LogP contribution is 2.20. The Kier molecular flexibility index (Phi) is 4.18. The van der Waals surface area contributed by atoms with Gasteiger partial charge in [0.05, 0.1) is 5.92 Å². The SMILES string of the molecule is O=C(O)C(CNS(=O)(=O)NC1CC1)c1ccccc1. The van der Waals surface area contributed by atoms with E-state index < -0.39 is 22.1 Å². The van der Waals surface area contributed by atoms with E-state index in [0.717, 1.165) is 12.8 Å². The van der Waals surface area contributed by atoms with Crippen molar-refractivity contribution < 1.29 is 18.3 Å². The van der Waals surface area contributed by atoms with Crippen LogP contribution in [-0.2, 0) is 15.0 Å². The number of carboxylic acids is 1. The van der Waals surface area contributed by atoms with Gasteiger partial charge in [-0.15, -0.1) is 0 Å². The summed E-state index contributed by atoms with van der Waals surface area (Å²) in [5.41, 5.74) is 0.573. The van der Waals surface area contributed by atoms with Gasteiger partial charge in [0.1, 0.15) is 0 Å². The van der Waals surface area contributed by atoms with Gasteiger partial charge in [0.15, 0.2) is 0 Å². The molecule has 1 fully saturated rings. The molecule has 0 aromatic heterocycles. The molecule has 0 spiro atoms. The minimum Gasteiger partial charge on any atom is -0.481 e. The van der Waals surface area contributed by atoms with Crippen molar-refractivity contribution in [3.05, 3.63) is 35.9 Å². The summed E-state index contributed by atoms with van der Waals surface area (Å²) < 4.78 is 28.0. The lowest BCUT2D eigenvalue weighted by molar-refractivity contribution is -0.138. The molecule has 1 aromatic carbocycles. The molecule has 1 aromatic rings. The Morgan fingerprint density at radius 2 is 1.95 bits per heavy atom. The van der Waals surface area contributed by atoms with E-state index in [-0.39, 0.29) is 12.6 Å². The summed E-state index contributed by atoms with van der Waals surface area (Å²) in [4.78, 5) is 11.2. The summed E-state index contributed by atoms with van der Waals surface area (Å²) in [5.74, 6) is -1.95. The molecule has 1 unspecified atom stereocenters. The molecule has 1 aliphatic carbocycles. The molecule has 1 aliphatic rings. The molecule has 7 heteroatoms. The summed E-state index contributed by atoms with van der Waals surface area (Å²) in [7, 11) is -3.62. The maximum absolute atomic E-state index is 11.6. The highest BCUT2D eigenvalue weighted by atomic mass is 32.2. The van der Waals surface area contributed by atoms with Crippen LogP contribution >= 0.6 is 0 Å². The van der Waals surface area contributed by atoms with E-state index in [2.05, 4.69) is 9.44 Å². The van der Waals surface area contributed by atoms with Gasteiger partial charge in [-0.25, -0.2) is 4.72 Å². The van der Waals surface area contributed by atoms with Crippen LogP contribution in [0.15, 0.2) is 30.3 Å². The molecule has 0 bridgehead atoms. The van der Waals surface area contributed by atoms with E-state index in [1.165, 1.54) is 0 Å². The molecular formula is C12H16N2O4S. The standard InChI is InChI=1S/C12H16N2O4S/c15-12(16)11(9-4-2-1-3-5-9)8-13-19(17,18)14-10-6-7-10/h1-5,10-11,13-14H,6-8H2,(H,15,16). The monoisotopic (exact) mass is 284 g/mol. The molecule has 0 saturated heterocycles. The van der Waals surface area contributed by atoms with E-state index in [1.54, 1.807) is 30.3 Å². The zero-order chi connectivity index (χ0) is 13.9. The molecule has 104 valence electrons. The number of carboxylic acid groups (broad SMARTS) is 1. The Labute approximate surface area is 112 Å². The fraction of sp³-hybridized carbons (Fsp3) is 0.417. The fourth-order valence-corrected chi connectivity index (χ4v) is 2.83. The van der Waals surface area contributed by atoms with E-state index in [0.29, 0.717) is 5.56 Å². The van der Waals surface area contributed by atoms with Gasteiger partial charge in [-0.1, -0.05) is 30.3 Å². The normalized spacial score (nSPS) is 17.1. The Morgan fingerprint density at radius 3 is 2.47 bits per heavy atom. The molecule has 0 heterocycles. The lowest BCUT2D eigenvalue weighted by Crippen LogP contribution is -2.40. The average molecular weight is 284 g/mol. The zero-order valence-corrected chi connectivity index (χ0v) is 11.1. The first-order valence-electron chi connectivity index (χ1n) is 6.02. The number of hydrogen-bond donors (Lipinski definition) is 3. The van der Waals surface area contributed by atoms with Crippen LogP contribution in [0.25, 0.3) is 0 Å². The smallest absolute Gasteiger partial charge is 0.312 e. The second-order valence-electron chi connectivity index (χ2n) is 4.55. The highest BCUT2D eigenvalue weighted by molar-refractivity contribution is 7.87. The fourth-order valence-electron chi connectivity index (χ4n) is 1.69. The van der Waals surface area contributed by atoms with Gasteiger partial charge in [-0.3, -0.25) is 4.79 Å². The van der Waals surface area contributed by atoms with Crippen molar-refractivity contribution in [1.82, 2.24) is 9.44 Å². The molecule has 1 saturated carbocycles. The maximum Gasteiger partial charge on any atom is 0.312 e. The number of nitrogens with one attached hydrogen (secondary N) is 2. The van der Waals surface area contributed by atoms with Gasteiger partial charge >= 0.3 is 5.97 Å². The van der Waals surface area contributed by atoms with Gasteiger partial charge in [0, 0.05) is 12.6 Å². The van der Waals surface area contributed by atoms with Crippen LogP contribution in [-0.4, -0.2) is 32.1 Å². The topological polar surface area (TPSA) is 95.5 Å². The number of hydrogen-bond acceptors (Lipinski definition) is 3. The number of aliphatic carboxylic acids is 1. The predicted molar refractivity (Wildman–Crippen MR) is 69.9 cm³/mol. The summed E-state index contributed by atoms with van der Waals surface area (Å²) >= 11 is 0. The molecule has 1 atom stereocenters. The van der Waals surface area contributed by atoms with Gasteiger partial charge in [-0.05, 0) is 18.4 Å². The molecule has 3 N–H and O–H groups in total.